The summed E-state index contributed by atoms with van der Waals surface area (Å²) in [4.78, 5) is 0. The van der Waals surface area contributed by atoms with Crippen molar-refractivity contribution in [2.24, 2.45) is 11.7 Å². The largest absolute Gasteiger partial charge is 0.493 e. The monoisotopic (exact) mass is 251 g/mol. The quantitative estimate of drug-likeness (QED) is 0.889. The van der Waals surface area contributed by atoms with Crippen LogP contribution < -0.4 is 10.5 Å². The van der Waals surface area contributed by atoms with Gasteiger partial charge in [-0.05, 0) is 55.4 Å². The molecule has 92 valence electrons. The highest BCUT2D eigenvalue weighted by molar-refractivity contribution is 6.30. The Morgan fingerprint density at radius 3 is 2.65 bits per heavy atom. The van der Waals surface area contributed by atoms with E-state index in [1.807, 2.05) is 12.1 Å². The van der Waals surface area contributed by atoms with Crippen molar-refractivity contribution in [2.75, 3.05) is 6.61 Å². The van der Waals surface area contributed by atoms with Crippen LogP contribution >= 0.6 is 11.6 Å². The molecule has 3 rings (SSSR count). The molecule has 0 aromatic heterocycles. The van der Waals surface area contributed by atoms with E-state index in [1.165, 1.54) is 19.3 Å². The smallest absolute Gasteiger partial charge is 0.121 e. The van der Waals surface area contributed by atoms with E-state index in [-0.39, 0.29) is 5.54 Å². The Kier molecular flexibility index (Phi) is 2.80. The van der Waals surface area contributed by atoms with Gasteiger partial charge in [0.25, 0.3) is 0 Å². The lowest BCUT2D eigenvalue weighted by molar-refractivity contribution is 0.180. The molecule has 2 fully saturated rings. The molecule has 0 aliphatic heterocycles. The highest BCUT2D eigenvalue weighted by Crippen LogP contribution is 2.44. The van der Waals surface area contributed by atoms with Gasteiger partial charge in [-0.1, -0.05) is 18.0 Å². The molecule has 0 amide bonds. The molecule has 2 saturated carbocycles. The van der Waals surface area contributed by atoms with Crippen molar-refractivity contribution >= 4 is 11.6 Å². The second kappa shape index (κ2) is 4.18. The second-order valence-corrected chi connectivity index (χ2v) is 5.88. The summed E-state index contributed by atoms with van der Waals surface area (Å²) in [5.41, 5.74) is 7.16. The Labute approximate surface area is 107 Å². The zero-order valence-corrected chi connectivity index (χ0v) is 10.7. The predicted octanol–water partition coefficient (Wildman–Crippen LogP) is 3.47. The molecule has 17 heavy (non-hydrogen) atoms. The molecule has 0 radical (unpaired) electrons. The van der Waals surface area contributed by atoms with Gasteiger partial charge in [0.2, 0.25) is 0 Å². The van der Waals surface area contributed by atoms with Crippen LogP contribution in [-0.4, -0.2) is 6.61 Å². The van der Waals surface area contributed by atoms with Crippen molar-refractivity contribution < 1.29 is 4.74 Å². The molecule has 2 N–H and O–H groups in total. The number of ether oxygens (including phenoxy) is 1. The molecule has 0 saturated heterocycles. The number of nitrogens with two attached hydrogens (primary N) is 1. The van der Waals surface area contributed by atoms with E-state index >= 15 is 0 Å². The molecular weight excluding hydrogens is 234 g/mol. The van der Waals surface area contributed by atoms with Crippen LogP contribution in [-0.2, 0) is 5.54 Å². The molecule has 0 bridgehead atoms. The summed E-state index contributed by atoms with van der Waals surface area (Å²) in [6.07, 6.45) is 6.05. The van der Waals surface area contributed by atoms with Gasteiger partial charge in [0, 0.05) is 10.6 Å². The van der Waals surface area contributed by atoms with E-state index in [4.69, 9.17) is 22.1 Å². The van der Waals surface area contributed by atoms with Crippen molar-refractivity contribution in [1.29, 1.82) is 0 Å². The number of halogens is 1. The molecule has 1 aromatic carbocycles. The van der Waals surface area contributed by atoms with Crippen molar-refractivity contribution in [1.82, 2.24) is 0 Å². The summed E-state index contributed by atoms with van der Waals surface area (Å²) in [7, 11) is 0. The number of rotatable bonds is 4. The lowest BCUT2D eigenvalue weighted by Gasteiger charge is -2.25. The fourth-order valence-electron chi connectivity index (χ4n) is 2.23. The first-order valence-electron chi connectivity index (χ1n) is 6.38. The Balaban J connectivity index is 1.72. The van der Waals surface area contributed by atoms with Gasteiger partial charge in [-0.3, -0.25) is 0 Å². The maximum absolute atomic E-state index is 6.18. The maximum atomic E-state index is 6.18. The van der Waals surface area contributed by atoms with Crippen LogP contribution in [0.15, 0.2) is 18.2 Å². The predicted molar refractivity (Wildman–Crippen MR) is 69.4 cm³/mol. The van der Waals surface area contributed by atoms with Crippen LogP contribution in [0.1, 0.15) is 37.7 Å². The fraction of sp³-hybridized carbons (Fsp3) is 0.571. The van der Waals surface area contributed by atoms with Crippen LogP contribution in [0.2, 0.25) is 5.02 Å². The number of benzene rings is 1. The second-order valence-electron chi connectivity index (χ2n) is 5.44. The Morgan fingerprint density at radius 2 is 2.06 bits per heavy atom. The molecule has 1 aromatic rings. The van der Waals surface area contributed by atoms with Gasteiger partial charge in [0.05, 0.1) is 6.61 Å². The molecule has 0 unspecified atom stereocenters. The van der Waals surface area contributed by atoms with Crippen LogP contribution in [0.4, 0.5) is 0 Å². The molecule has 3 heteroatoms. The Hall–Kier alpha value is -0.730. The van der Waals surface area contributed by atoms with Gasteiger partial charge in [0.1, 0.15) is 5.75 Å². The van der Waals surface area contributed by atoms with E-state index in [9.17, 15) is 0 Å². The van der Waals surface area contributed by atoms with Crippen molar-refractivity contribution in [3.05, 3.63) is 28.8 Å². The highest BCUT2D eigenvalue weighted by atomic mass is 35.5. The number of hydrogen-bond donors (Lipinski definition) is 1. The van der Waals surface area contributed by atoms with E-state index in [0.29, 0.717) is 0 Å². The third-order valence-corrected chi connectivity index (χ3v) is 4.16. The fourth-order valence-corrected chi connectivity index (χ4v) is 2.46. The summed E-state index contributed by atoms with van der Waals surface area (Å²) in [6.45, 7) is 0.817. The molecule has 2 aliphatic rings. The summed E-state index contributed by atoms with van der Waals surface area (Å²) in [6, 6.07) is 5.90. The molecule has 2 nitrogen and oxygen atoms in total. The summed E-state index contributed by atoms with van der Waals surface area (Å²) < 4.78 is 5.81. The van der Waals surface area contributed by atoms with Crippen LogP contribution in [0.25, 0.3) is 0 Å². The van der Waals surface area contributed by atoms with Crippen LogP contribution in [0.5, 0.6) is 5.75 Å². The summed E-state index contributed by atoms with van der Waals surface area (Å²) >= 11 is 6.11. The van der Waals surface area contributed by atoms with Crippen LogP contribution in [0.3, 0.4) is 0 Å². The molecule has 0 heterocycles. The number of hydrogen-bond acceptors (Lipinski definition) is 2. The average molecular weight is 252 g/mol. The molecule has 0 atom stereocenters. The standard InChI is InChI=1S/C14H18ClNO/c15-12-6-11(14(16)4-5-14)7-13(8-12)17-9-10-2-1-3-10/h6-8,10H,1-5,9,16H2. The Bertz CT molecular complexity index is 424. The van der Waals surface area contributed by atoms with Gasteiger partial charge in [-0.25, -0.2) is 0 Å². The maximum Gasteiger partial charge on any atom is 0.121 e. The summed E-state index contributed by atoms with van der Waals surface area (Å²) in [5, 5.41) is 0.725. The third kappa shape index (κ3) is 2.43. The van der Waals surface area contributed by atoms with Gasteiger partial charge in [0.15, 0.2) is 0 Å². The van der Waals surface area contributed by atoms with Gasteiger partial charge in [-0.2, -0.15) is 0 Å². The Morgan fingerprint density at radius 1 is 1.29 bits per heavy atom. The molecule has 2 aliphatic carbocycles. The van der Waals surface area contributed by atoms with Gasteiger partial charge < -0.3 is 10.5 Å². The van der Waals surface area contributed by atoms with E-state index in [1.54, 1.807) is 0 Å². The van der Waals surface area contributed by atoms with Crippen LogP contribution in [0, 0.1) is 5.92 Å². The highest BCUT2D eigenvalue weighted by Gasteiger charge is 2.40. The zero-order valence-electron chi connectivity index (χ0n) is 9.92. The van der Waals surface area contributed by atoms with Crippen molar-refractivity contribution in [2.45, 2.75) is 37.6 Å². The molecular formula is C14H18ClNO. The minimum absolute atomic E-state index is 0.139. The molecule has 0 spiro atoms. The minimum atomic E-state index is -0.139. The van der Waals surface area contributed by atoms with Gasteiger partial charge >= 0.3 is 0 Å². The summed E-state index contributed by atoms with van der Waals surface area (Å²) in [5.74, 6) is 1.61. The van der Waals surface area contributed by atoms with E-state index < -0.39 is 0 Å². The van der Waals surface area contributed by atoms with Gasteiger partial charge in [-0.15, -0.1) is 0 Å². The van der Waals surface area contributed by atoms with Crippen molar-refractivity contribution in [3.63, 3.8) is 0 Å². The van der Waals surface area contributed by atoms with E-state index in [2.05, 4.69) is 6.07 Å². The van der Waals surface area contributed by atoms with Crippen molar-refractivity contribution in [3.8, 4) is 5.75 Å². The SMILES string of the molecule is NC1(c2cc(Cl)cc(OCC3CCC3)c2)CC1. The van der Waals surface area contributed by atoms with E-state index in [0.717, 1.165) is 41.7 Å². The topological polar surface area (TPSA) is 35.2 Å². The average Bonchev–Trinajstić information content (AvgIpc) is 2.95. The normalized spacial score (nSPS) is 22.0. The first-order chi connectivity index (χ1) is 8.16. The lowest BCUT2D eigenvalue weighted by atomic mass is 9.86. The minimum Gasteiger partial charge on any atom is -0.493 e. The zero-order chi connectivity index (χ0) is 11.9. The first kappa shape index (κ1) is 11.4. The third-order valence-electron chi connectivity index (χ3n) is 3.95. The first-order valence-corrected chi connectivity index (χ1v) is 6.76. The lowest BCUT2D eigenvalue weighted by Crippen LogP contribution is -2.20.